The van der Waals surface area contributed by atoms with E-state index in [9.17, 15) is 18.0 Å². The van der Waals surface area contributed by atoms with Gasteiger partial charge >= 0.3 is 6.03 Å². The highest BCUT2D eigenvalue weighted by atomic mass is 32.2. The Labute approximate surface area is 156 Å². The Morgan fingerprint density at radius 1 is 1.19 bits per heavy atom. The van der Waals surface area contributed by atoms with Crippen LogP contribution in [0.4, 0.5) is 4.79 Å². The van der Waals surface area contributed by atoms with Crippen LogP contribution in [-0.4, -0.2) is 66.5 Å². The Kier molecular flexibility index (Phi) is 5.91. The molecule has 1 N–H and O–H groups in total. The average Bonchev–Trinajstić information content (AvgIpc) is 2.93. The standard InChI is InChI=1S/C18H31N3O4S/c1-2-3-11-20(15-8-12-26(24,25)13-15)14-21-16(22)18(19-17(21)23)9-6-4-5-7-10-18/h15H,2-14H2,1H3,(H,19,23). The molecule has 0 aromatic heterocycles. The number of nitrogens with zero attached hydrogens (tertiary/aromatic N) is 2. The number of unbranched alkanes of at least 4 members (excludes halogenated alkanes) is 1. The van der Waals surface area contributed by atoms with E-state index in [-0.39, 0.29) is 36.2 Å². The molecule has 0 radical (unpaired) electrons. The van der Waals surface area contributed by atoms with Crippen molar-refractivity contribution in [2.75, 3.05) is 24.7 Å². The lowest BCUT2D eigenvalue weighted by molar-refractivity contribution is -0.133. The van der Waals surface area contributed by atoms with Crippen molar-refractivity contribution >= 4 is 21.8 Å². The molecule has 2 aliphatic heterocycles. The van der Waals surface area contributed by atoms with Gasteiger partial charge in [0.15, 0.2) is 9.84 Å². The molecule has 3 fully saturated rings. The van der Waals surface area contributed by atoms with Crippen LogP contribution in [0.25, 0.3) is 0 Å². The van der Waals surface area contributed by atoms with Gasteiger partial charge in [-0.15, -0.1) is 0 Å². The zero-order chi connectivity index (χ0) is 18.8. The Bertz CT molecular complexity index is 641. The van der Waals surface area contributed by atoms with Gasteiger partial charge in [-0.3, -0.25) is 9.69 Å². The van der Waals surface area contributed by atoms with E-state index in [0.717, 1.165) is 38.5 Å². The number of nitrogens with one attached hydrogen (secondary N) is 1. The van der Waals surface area contributed by atoms with Gasteiger partial charge in [-0.1, -0.05) is 39.0 Å². The summed E-state index contributed by atoms with van der Waals surface area (Å²) in [7, 11) is -3.00. The Balaban J connectivity index is 1.73. The largest absolute Gasteiger partial charge is 0.326 e. The van der Waals surface area contributed by atoms with E-state index in [1.165, 1.54) is 4.90 Å². The summed E-state index contributed by atoms with van der Waals surface area (Å²) in [5.74, 6) is 0.210. The number of hydrogen-bond donors (Lipinski definition) is 1. The van der Waals surface area contributed by atoms with Crippen LogP contribution >= 0.6 is 0 Å². The molecule has 2 saturated heterocycles. The lowest BCUT2D eigenvalue weighted by atomic mass is 9.90. The molecule has 0 bridgehead atoms. The summed E-state index contributed by atoms with van der Waals surface area (Å²) in [6.07, 6.45) is 8.04. The van der Waals surface area contributed by atoms with Crippen LogP contribution in [0.15, 0.2) is 0 Å². The van der Waals surface area contributed by atoms with E-state index in [4.69, 9.17) is 0 Å². The minimum Gasteiger partial charge on any atom is -0.323 e. The first-order chi connectivity index (χ1) is 12.4. The van der Waals surface area contributed by atoms with Gasteiger partial charge in [-0.2, -0.15) is 0 Å². The normalized spacial score (nSPS) is 27.9. The minimum absolute atomic E-state index is 0.0992. The molecule has 2 heterocycles. The second kappa shape index (κ2) is 7.84. The summed E-state index contributed by atoms with van der Waals surface area (Å²) < 4.78 is 23.8. The summed E-state index contributed by atoms with van der Waals surface area (Å²) in [6.45, 7) is 2.99. The van der Waals surface area contributed by atoms with Crippen LogP contribution in [0.1, 0.15) is 64.7 Å². The number of sulfone groups is 1. The summed E-state index contributed by atoms with van der Waals surface area (Å²) in [4.78, 5) is 29.0. The second-order valence-corrected chi connectivity index (χ2v) is 10.3. The van der Waals surface area contributed by atoms with E-state index in [1.807, 2.05) is 4.90 Å². The first-order valence-corrected chi connectivity index (χ1v) is 11.8. The van der Waals surface area contributed by atoms with Gasteiger partial charge in [0.2, 0.25) is 0 Å². The van der Waals surface area contributed by atoms with Crippen molar-refractivity contribution in [3.05, 3.63) is 0 Å². The molecule has 7 nitrogen and oxygen atoms in total. The van der Waals surface area contributed by atoms with Crippen LogP contribution in [-0.2, 0) is 14.6 Å². The van der Waals surface area contributed by atoms with Gasteiger partial charge in [0.1, 0.15) is 5.54 Å². The molecule has 148 valence electrons. The Morgan fingerprint density at radius 2 is 1.88 bits per heavy atom. The molecule has 1 spiro atoms. The second-order valence-electron chi connectivity index (χ2n) is 8.02. The van der Waals surface area contributed by atoms with Crippen molar-refractivity contribution in [3.63, 3.8) is 0 Å². The summed E-state index contributed by atoms with van der Waals surface area (Å²) in [5, 5.41) is 2.97. The third kappa shape index (κ3) is 4.06. The Morgan fingerprint density at radius 3 is 2.46 bits per heavy atom. The molecular formula is C18H31N3O4S. The third-order valence-electron chi connectivity index (χ3n) is 6.05. The topological polar surface area (TPSA) is 86.8 Å². The minimum atomic E-state index is -3.00. The van der Waals surface area contributed by atoms with Crippen molar-refractivity contribution in [1.82, 2.24) is 15.1 Å². The van der Waals surface area contributed by atoms with E-state index in [0.29, 0.717) is 25.8 Å². The van der Waals surface area contributed by atoms with Gasteiger partial charge in [0, 0.05) is 12.6 Å². The molecule has 3 rings (SSSR count). The molecule has 1 atom stereocenters. The number of imide groups is 1. The summed E-state index contributed by atoms with van der Waals surface area (Å²) in [5.41, 5.74) is -0.730. The van der Waals surface area contributed by atoms with E-state index in [1.54, 1.807) is 0 Å². The van der Waals surface area contributed by atoms with Crippen LogP contribution < -0.4 is 5.32 Å². The fraction of sp³-hybridized carbons (Fsp3) is 0.889. The fourth-order valence-electron chi connectivity index (χ4n) is 4.45. The highest BCUT2D eigenvalue weighted by molar-refractivity contribution is 7.91. The fourth-order valence-corrected chi connectivity index (χ4v) is 6.21. The molecule has 1 saturated carbocycles. The maximum absolute atomic E-state index is 13.1. The number of carbonyl (C=O) groups is 2. The van der Waals surface area contributed by atoms with E-state index < -0.39 is 15.4 Å². The predicted octanol–water partition coefficient (Wildman–Crippen LogP) is 1.88. The molecular weight excluding hydrogens is 354 g/mol. The van der Waals surface area contributed by atoms with Gasteiger partial charge in [-0.25, -0.2) is 18.1 Å². The number of urea groups is 1. The van der Waals surface area contributed by atoms with Crippen molar-refractivity contribution in [2.45, 2.75) is 76.3 Å². The first kappa shape index (κ1) is 19.6. The predicted molar refractivity (Wildman–Crippen MR) is 99.4 cm³/mol. The van der Waals surface area contributed by atoms with Crippen LogP contribution in [0.5, 0.6) is 0 Å². The zero-order valence-electron chi connectivity index (χ0n) is 15.7. The number of amides is 3. The number of carbonyl (C=O) groups excluding carboxylic acids is 2. The average molecular weight is 386 g/mol. The van der Waals surface area contributed by atoms with Crippen LogP contribution in [0.3, 0.4) is 0 Å². The van der Waals surface area contributed by atoms with E-state index in [2.05, 4.69) is 12.2 Å². The van der Waals surface area contributed by atoms with Crippen molar-refractivity contribution in [3.8, 4) is 0 Å². The lowest BCUT2D eigenvalue weighted by Gasteiger charge is -2.31. The van der Waals surface area contributed by atoms with Crippen molar-refractivity contribution in [2.24, 2.45) is 0 Å². The number of hydrogen-bond acceptors (Lipinski definition) is 5. The molecule has 1 aliphatic carbocycles. The highest BCUT2D eigenvalue weighted by Gasteiger charge is 2.51. The maximum atomic E-state index is 13.1. The SMILES string of the molecule is CCCCN(CN1C(=O)NC2(CCCCCC2)C1=O)C1CCS(=O)(=O)C1. The van der Waals surface area contributed by atoms with Gasteiger partial charge in [0.25, 0.3) is 5.91 Å². The summed E-state index contributed by atoms with van der Waals surface area (Å²) in [6, 6.07) is -0.419. The monoisotopic (exact) mass is 385 g/mol. The third-order valence-corrected chi connectivity index (χ3v) is 7.80. The zero-order valence-corrected chi connectivity index (χ0v) is 16.5. The molecule has 26 heavy (non-hydrogen) atoms. The molecule has 3 aliphatic rings. The van der Waals surface area contributed by atoms with Crippen LogP contribution in [0.2, 0.25) is 0 Å². The first-order valence-electron chi connectivity index (χ1n) is 9.95. The smallest absolute Gasteiger partial charge is 0.323 e. The van der Waals surface area contributed by atoms with Gasteiger partial charge < -0.3 is 5.32 Å². The molecule has 3 amide bonds. The molecule has 0 aromatic rings. The van der Waals surface area contributed by atoms with Crippen molar-refractivity contribution < 1.29 is 18.0 Å². The molecule has 0 aromatic carbocycles. The number of rotatable bonds is 6. The van der Waals surface area contributed by atoms with Crippen molar-refractivity contribution in [1.29, 1.82) is 0 Å². The summed E-state index contributed by atoms with van der Waals surface area (Å²) >= 11 is 0. The van der Waals surface area contributed by atoms with Crippen LogP contribution in [0, 0.1) is 0 Å². The highest BCUT2D eigenvalue weighted by Crippen LogP contribution is 2.33. The quantitative estimate of drug-likeness (QED) is 0.706. The Hall–Kier alpha value is -1.15. The van der Waals surface area contributed by atoms with E-state index >= 15 is 0 Å². The molecule has 8 heteroatoms. The lowest BCUT2D eigenvalue weighted by Crippen LogP contribution is -2.49. The van der Waals surface area contributed by atoms with Gasteiger partial charge in [0.05, 0.1) is 18.2 Å². The maximum Gasteiger partial charge on any atom is 0.326 e. The molecule has 1 unspecified atom stereocenters. The van der Waals surface area contributed by atoms with Gasteiger partial charge in [-0.05, 0) is 25.7 Å².